The Morgan fingerprint density at radius 2 is 2.00 bits per heavy atom. The Labute approximate surface area is 130 Å². The molecule has 0 saturated carbocycles. The summed E-state index contributed by atoms with van der Waals surface area (Å²) in [7, 11) is 0. The van der Waals surface area contributed by atoms with E-state index in [2.05, 4.69) is 23.0 Å². The minimum atomic E-state index is -0.556. The number of amides is 1. The van der Waals surface area contributed by atoms with Crippen LogP contribution in [-0.2, 0) is 4.79 Å². The molecule has 3 rings (SSSR count). The Hall–Kier alpha value is -2.49. The molecule has 0 atom stereocenters. The first-order chi connectivity index (χ1) is 10.5. The highest BCUT2D eigenvalue weighted by Gasteiger charge is 2.37. The molecule has 4 nitrogen and oxygen atoms in total. The van der Waals surface area contributed by atoms with Gasteiger partial charge in [-0.05, 0) is 55.3 Å². The Bertz CT molecular complexity index is 763. The Balaban J connectivity index is 2.11. The third kappa shape index (κ3) is 2.41. The number of fused-ring (bicyclic) bond motifs is 1. The number of carbonyl (C=O) groups excluding carboxylic acids is 1. The SMILES string of the molecule is CCOc1ccc2cccc(/C=C3\NNC(=O)C3(C)C)c2c1. The summed E-state index contributed by atoms with van der Waals surface area (Å²) in [5, 5.41) is 2.26. The van der Waals surface area contributed by atoms with Crippen LogP contribution in [0.5, 0.6) is 5.75 Å². The third-order valence-electron chi connectivity index (χ3n) is 4.05. The van der Waals surface area contributed by atoms with E-state index in [9.17, 15) is 4.79 Å². The van der Waals surface area contributed by atoms with Crippen LogP contribution in [0.1, 0.15) is 26.3 Å². The molecule has 2 aromatic rings. The van der Waals surface area contributed by atoms with E-state index in [1.165, 1.54) is 0 Å². The highest BCUT2D eigenvalue weighted by atomic mass is 16.5. The normalized spacial score (nSPS) is 18.3. The molecule has 2 N–H and O–H groups in total. The maximum Gasteiger partial charge on any atom is 0.249 e. The Morgan fingerprint density at radius 1 is 1.18 bits per heavy atom. The average molecular weight is 296 g/mol. The third-order valence-corrected chi connectivity index (χ3v) is 4.05. The van der Waals surface area contributed by atoms with E-state index < -0.39 is 5.41 Å². The number of hydrazine groups is 1. The lowest BCUT2D eigenvalue weighted by Crippen LogP contribution is -2.28. The lowest BCUT2D eigenvalue weighted by Gasteiger charge is -2.15. The molecule has 1 saturated heterocycles. The Morgan fingerprint density at radius 3 is 2.68 bits per heavy atom. The van der Waals surface area contributed by atoms with Crippen molar-refractivity contribution in [2.45, 2.75) is 20.8 Å². The fourth-order valence-corrected chi connectivity index (χ4v) is 2.59. The second-order valence-electron chi connectivity index (χ2n) is 5.93. The van der Waals surface area contributed by atoms with Crippen LogP contribution in [0.4, 0.5) is 0 Å². The second-order valence-corrected chi connectivity index (χ2v) is 5.93. The zero-order valence-electron chi connectivity index (χ0n) is 13.1. The van der Waals surface area contributed by atoms with Gasteiger partial charge in [-0.15, -0.1) is 0 Å². The van der Waals surface area contributed by atoms with Crippen LogP contribution in [0.2, 0.25) is 0 Å². The monoisotopic (exact) mass is 296 g/mol. The number of rotatable bonds is 3. The largest absolute Gasteiger partial charge is 0.494 e. The lowest BCUT2D eigenvalue weighted by atomic mass is 9.88. The van der Waals surface area contributed by atoms with Gasteiger partial charge < -0.3 is 10.2 Å². The topological polar surface area (TPSA) is 50.4 Å². The van der Waals surface area contributed by atoms with Gasteiger partial charge in [0.25, 0.3) is 0 Å². The number of hydrogen-bond acceptors (Lipinski definition) is 3. The standard InChI is InChI=1S/C18H20N2O2/c1-4-22-14-9-8-12-6-5-7-13(15(12)11-14)10-16-18(2,3)17(21)20-19-16/h5-11,19H,4H2,1-3H3,(H,20,21)/b16-10-. The number of hydrogen-bond donors (Lipinski definition) is 2. The summed E-state index contributed by atoms with van der Waals surface area (Å²) in [6.45, 7) is 6.43. The maximum atomic E-state index is 11.9. The van der Waals surface area contributed by atoms with Crippen molar-refractivity contribution in [3.05, 3.63) is 47.7 Å². The van der Waals surface area contributed by atoms with Crippen LogP contribution in [0.25, 0.3) is 16.8 Å². The van der Waals surface area contributed by atoms with Crippen molar-refractivity contribution in [1.29, 1.82) is 0 Å². The molecule has 1 aliphatic heterocycles. The minimum Gasteiger partial charge on any atom is -0.494 e. The lowest BCUT2D eigenvalue weighted by molar-refractivity contribution is -0.125. The molecule has 1 amide bonds. The van der Waals surface area contributed by atoms with Gasteiger partial charge in [0.05, 0.1) is 12.0 Å². The van der Waals surface area contributed by atoms with Crippen LogP contribution in [-0.4, -0.2) is 12.5 Å². The first-order valence-electron chi connectivity index (χ1n) is 7.46. The van der Waals surface area contributed by atoms with E-state index in [-0.39, 0.29) is 5.91 Å². The molecule has 0 radical (unpaired) electrons. The number of carbonyl (C=O) groups is 1. The molecule has 0 aromatic heterocycles. The molecule has 1 aliphatic rings. The van der Waals surface area contributed by atoms with E-state index in [0.29, 0.717) is 6.61 Å². The first kappa shape index (κ1) is 14.4. The van der Waals surface area contributed by atoms with Gasteiger partial charge in [0, 0.05) is 5.70 Å². The summed E-state index contributed by atoms with van der Waals surface area (Å²) in [6.07, 6.45) is 2.02. The Kier molecular flexibility index (Phi) is 3.53. The summed E-state index contributed by atoms with van der Waals surface area (Å²) in [5.74, 6) is 0.836. The predicted octanol–water partition coefficient (Wildman–Crippen LogP) is 3.24. The second kappa shape index (κ2) is 5.37. The van der Waals surface area contributed by atoms with E-state index in [1.54, 1.807) is 0 Å². The summed E-state index contributed by atoms with van der Waals surface area (Å²) in [4.78, 5) is 11.9. The van der Waals surface area contributed by atoms with Crippen molar-refractivity contribution in [3.63, 3.8) is 0 Å². The summed E-state index contributed by atoms with van der Waals surface area (Å²) in [5.41, 5.74) is 7.03. The van der Waals surface area contributed by atoms with Crippen molar-refractivity contribution in [2.75, 3.05) is 6.61 Å². The summed E-state index contributed by atoms with van der Waals surface area (Å²) < 4.78 is 5.59. The highest BCUT2D eigenvalue weighted by Crippen LogP contribution is 2.32. The zero-order chi connectivity index (χ0) is 15.7. The van der Waals surface area contributed by atoms with Gasteiger partial charge in [0.15, 0.2) is 0 Å². The number of ether oxygens (including phenoxy) is 1. The fourth-order valence-electron chi connectivity index (χ4n) is 2.59. The number of benzene rings is 2. The average Bonchev–Trinajstić information content (AvgIpc) is 2.75. The molecular formula is C18H20N2O2. The van der Waals surface area contributed by atoms with E-state index >= 15 is 0 Å². The molecule has 2 aromatic carbocycles. The van der Waals surface area contributed by atoms with E-state index in [4.69, 9.17) is 4.74 Å². The minimum absolute atomic E-state index is 0.0195. The molecule has 1 heterocycles. The van der Waals surface area contributed by atoms with Gasteiger partial charge >= 0.3 is 0 Å². The molecule has 114 valence electrons. The van der Waals surface area contributed by atoms with Crippen LogP contribution in [0.3, 0.4) is 0 Å². The van der Waals surface area contributed by atoms with Crippen molar-refractivity contribution < 1.29 is 9.53 Å². The molecule has 1 fully saturated rings. The zero-order valence-corrected chi connectivity index (χ0v) is 13.1. The molecule has 4 heteroatoms. The van der Waals surface area contributed by atoms with Gasteiger partial charge in [-0.3, -0.25) is 10.2 Å². The highest BCUT2D eigenvalue weighted by molar-refractivity contribution is 5.94. The van der Waals surface area contributed by atoms with Crippen molar-refractivity contribution in [3.8, 4) is 5.75 Å². The van der Waals surface area contributed by atoms with E-state index in [0.717, 1.165) is 27.8 Å². The van der Waals surface area contributed by atoms with Gasteiger partial charge in [-0.25, -0.2) is 0 Å². The van der Waals surface area contributed by atoms with Gasteiger partial charge in [0.2, 0.25) is 5.91 Å². The fraction of sp³-hybridized carbons (Fsp3) is 0.278. The van der Waals surface area contributed by atoms with Crippen molar-refractivity contribution in [2.24, 2.45) is 5.41 Å². The molecule has 0 unspecified atom stereocenters. The molecule has 0 spiro atoms. The van der Waals surface area contributed by atoms with E-state index in [1.807, 2.05) is 51.1 Å². The van der Waals surface area contributed by atoms with Gasteiger partial charge in [-0.1, -0.05) is 24.3 Å². The van der Waals surface area contributed by atoms with Crippen molar-refractivity contribution >= 4 is 22.8 Å². The van der Waals surface area contributed by atoms with Crippen LogP contribution in [0.15, 0.2) is 42.1 Å². The van der Waals surface area contributed by atoms with Crippen LogP contribution in [0, 0.1) is 5.41 Å². The van der Waals surface area contributed by atoms with Gasteiger partial charge in [-0.2, -0.15) is 0 Å². The molecule has 0 bridgehead atoms. The summed E-state index contributed by atoms with van der Waals surface area (Å²) in [6, 6.07) is 12.2. The quantitative estimate of drug-likeness (QED) is 0.914. The van der Waals surface area contributed by atoms with Crippen LogP contribution >= 0.6 is 0 Å². The molecule has 0 aliphatic carbocycles. The number of nitrogens with one attached hydrogen (secondary N) is 2. The van der Waals surface area contributed by atoms with Crippen LogP contribution < -0.4 is 15.6 Å². The maximum absolute atomic E-state index is 11.9. The van der Waals surface area contributed by atoms with Crippen molar-refractivity contribution in [1.82, 2.24) is 10.9 Å². The summed E-state index contributed by atoms with van der Waals surface area (Å²) >= 11 is 0. The first-order valence-corrected chi connectivity index (χ1v) is 7.46. The molecule has 22 heavy (non-hydrogen) atoms. The van der Waals surface area contributed by atoms with Gasteiger partial charge in [0.1, 0.15) is 5.75 Å². The molecular weight excluding hydrogens is 276 g/mol. The predicted molar refractivity (Wildman–Crippen MR) is 88.2 cm³/mol. The smallest absolute Gasteiger partial charge is 0.249 e.